The van der Waals surface area contributed by atoms with E-state index in [-0.39, 0.29) is 24.0 Å². The number of allylic oxidation sites excluding steroid dienone is 2. The Hall–Kier alpha value is -1.81. The number of Topliss-reactive ketones (excluding diaryl/α,β-unsaturated/α-hetero) is 1. The summed E-state index contributed by atoms with van der Waals surface area (Å²) in [5, 5.41) is 1.42. The average molecular weight is 435 g/mol. The van der Waals surface area contributed by atoms with Crippen LogP contribution in [0.1, 0.15) is 42.7 Å². The van der Waals surface area contributed by atoms with Gasteiger partial charge in [-0.25, -0.2) is 0 Å². The highest BCUT2D eigenvalue weighted by Gasteiger charge is 2.40. The Kier molecular flexibility index (Phi) is 5.26. The van der Waals surface area contributed by atoms with Crippen molar-refractivity contribution < 1.29 is 9.59 Å². The molecule has 0 fully saturated rings. The Morgan fingerprint density at radius 1 is 1.00 bits per heavy atom. The van der Waals surface area contributed by atoms with Crippen molar-refractivity contribution in [1.29, 1.82) is 0 Å². The van der Waals surface area contributed by atoms with E-state index < -0.39 is 0 Å². The van der Waals surface area contributed by atoms with Crippen molar-refractivity contribution in [2.45, 2.75) is 38.5 Å². The van der Waals surface area contributed by atoms with Gasteiger partial charge in [-0.1, -0.05) is 53.0 Å². The zero-order valence-corrected chi connectivity index (χ0v) is 17.5. The van der Waals surface area contributed by atoms with Gasteiger partial charge in [0.1, 0.15) is 0 Å². The lowest BCUT2D eigenvalue weighted by atomic mass is 9.77. The minimum atomic E-state index is -0.376. The first-order valence-electron chi connectivity index (χ1n) is 9.17. The van der Waals surface area contributed by atoms with Crippen LogP contribution in [0, 0.1) is 6.92 Å². The third kappa shape index (κ3) is 3.26. The summed E-state index contributed by atoms with van der Waals surface area (Å²) in [6, 6.07) is 10.9. The Balaban J connectivity index is 1.89. The number of anilines is 1. The largest absolute Gasteiger partial charge is 0.294 e. The van der Waals surface area contributed by atoms with Gasteiger partial charge in [0.25, 0.3) is 0 Å². The molecule has 1 atom stereocenters. The van der Waals surface area contributed by atoms with Crippen molar-refractivity contribution >= 4 is 52.2 Å². The van der Waals surface area contributed by atoms with E-state index in [2.05, 4.69) is 0 Å². The number of benzene rings is 2. The number of halogens is 3. The van der Waals surface area contributed by atoms with Gasteiger partial charge in [0.2, 0.25) is 5.91 Å². The monoisotopic (exact) mass is 433 g/mol. The molecule has 6 heteroatoms. The zero-order valence-electron chi connectivity index (χ0n) is 15.3. The quantitative estimate of drug-likeness (QED) is 0.542. The predicted octanol–water partition coefficient (Wildman–Crippen LogP) is 6.48. The van der Waals surface area contributed by atoms with Gasteiger partial charge in [-0.15, -0.1) is 0 Å². The van der Waals surface area contributed by atoms with Gasteiger partial charge >= 0.3 is 0 Å². The summed E-state index contributed by atoms with van der Waals surface area (Å²) in [6.07, 6.45) is 2.02. The fraction of sp³-hybridized carbons (Fsp3) is 0.273. The number of carbonyl (C=O) groups excluding carboxylic acids is 2. The predicted molar refractivity (Wildman–Crippen MR) is 113 cm³/mol. The summed E-state index contributed by atoms with van der Waals surface area (Å²) >= 11 is 18.9. The molecular formula is C22H18Cl3NO2. The third-order valence-electron chi connectivity index (χ3n) is 5.45. The second kappa shape index (κ2) is 7.55. The van der Waals surface area contributed by atoms with E-state index in [0.29, 0.717) is 39.2 Å². The van der Waals surface area contributed by atoms with E-state index in [1.165, 1.54) is 0 Å². The molecule has 1 unspecified atom stereocenters. The van der Waals surface area contributed by atoms with Crippen LogP contribution in [0.3, 0.4) is 0 Å². The summed E-state index contributed by atoms with van der Waals surface area (Å²) in [5.74, 6) is -0.383. The number of nitrogens with zero attached hydrogens (tertiary/aromatic N) is 1. The van der Waals surface area contributed by atoms with Crippen molar-refractivity contribution in [3.8, 4) is 0 Å². The van der Waals surface area contributed by atoms with Crippen molar-refractivity contribution in [2.24, 2.45) is 0 Å². The maximum absolute atomic E-state index is 13.2. The van der Waals surface area contributed by atoms with Crippen LogP contribution in [0.5, 0.6) is 0 Å². The van der Waals surface area contributed by atoms with Crippen LogP contribution in [0.25, 0.3) is 0 Å². The molecule has 1 heterocycles. The maximum Gasteiger partial charge on any atom is 0.232 e. The fourth-order valence-corrected chi connectivity index (χ4v) is 4.68. The molecule has 2 aliphatic rings. The Bertz CT molecular complexity index is 1030. The molecule has 1 amide bonds. The lowest BCUT2D eigenvalue weighted by molar-refractivity contribution is -0.119. The van der Waals surface area contributed by atoms with Gasteiger partial charge in [0.05, 0.1) is 15.7 Å². The van der Waals surface area contributed by atoms with Crippen LogP contribution in [-0.4, -0.2) is 11.7 Å². The van der Waals surface area contributed by atoms with E-state index in [9.17, 15) is 9.59 Å². The van der Waals surface area contributed by atoms with Crippen LogP contribution < -0.4 is 4.90 Å². The number of carbonyl (C=O) groups is 2. The topological polar surface area (TPSA) is 37.4 Å². The minimum Gasteiger partial charge on any atom is -0.294 e. The normalized spacial score (nSPS) is 19.9. The second-order valence-electron chi connectivity index (χ2n) is 7.20. The van der Waals surface area contributed by atoms with Gasteiger partial charge in [0.15, 0.2) is 5.78 Å². The minimum absolute atomic E-state index is 0.0676. The molecule has 4 rings (SSSR count). The van der Waals surface area contributed by atoms with Gasteiger partial charge < -0.3 is 0 Å². The number of aryl methyl sites for hydroxylation is 1. The first-order chi connectivity index (χ1) is 13.4. The Labute approximate surface area is 178 Å². The Morgan fingerprint density at radius 2 is 1.79 bits per heavy atom. The molecule has 2 aromatic carbocycles. The van der Waals surface area contributed by atoms with Crippen molar-refractivity contribution in [3.63, 3.8) is 0 Å². The molecule has 0 spiro atoms. The molecule has 1 aliphatic carbocycles. The lowest BCUT2D eigenvalue weighted by Crippen LogP contribution is -2.40. The van der Waals surface area contributed by atoms with Crippen LogP contribution >= 0.6 is 34.8 Å². The third-order valence-corrected chi connectivity index (χ3v) is 6.69. The van der Waals surface area contributed by atoms with Gasteiger partial charge in [-0.3, -0.25) is 14.5 Å². The molecule has 144 valence electrons. The van der Waals surface area contributed by atoms with Crippen molar-refractivity contribution in [2.75, 3.05) is 4.90 Å². The fourth-order valence-electron chi connectivity index (χ4n) is 4.07. The first-order valence-corrected chi connectivity index (χ1v) is 10.3. The maximum atomic E-state index is 13.2. The van der Waals surface area contributed by atoms with E-state index in [1.807, 2.05) is 25.1 Å². The van der Waals surface area contributed by atoms with E-state index in [1.54, 1.807) is 23.1 Å². The molecule has 28 heavy (non-hydrogen) atoms. The second-order valence-corrected chi connectivity index (χ2v) is 8.39. The molecule has 0 saturated heterocycles. The van der Waals surface area contributed by atoms with Crippen molar-refractivity contribution in [1.82, 2.24) is 0 Å². The number of rotatable bonds is 2. The molecule has 1 aliphatic heterocycles. The molecule has 0 aromatic heterocycles. The smallest absolute Gasteiger partial charge is 0.232 e. The molecule has 2 aromatic rings. The van der Waals surface area contributed by atoms with E-state index in [4.69, 9.17) is 34.8 Å². The highest BCUT2D eigenvalue weighted by molar-refractivity contribution is 6.42. The van der Waals surface area contributed by atoms with Gasteiger partial charge in [-0.2, -0.15) is 0 Å². The number of amides is 1. The molecule has 0 radical (unpaired) electrons. The lowest BCUT2D eigenvalue weighted by Gasteiger charge is -2.38. The average Bonchev–Trinajstić information content (AvgIpc) is 2.66. The summed E-state index contributed by atoms with van der Waals surface area (Å²) in [5.41, 5.74) is 3.79. The summed E-state index contributed by atoms with van der Waals surface area (Å²) in [6.45, 7) is 1.91. The highest BCUT2D eigenvalue weighted by atomic mass is 35.5. The van der Waals surface area contributed by atoms with Crippen LogP contribution in [-0.2, 0) is 9.59 Å². The summed E-state index contributed by atoms with van der Waals surface area (Å²) in [7, 11) is 0. The van der Waals surface area contributed by atoms with Crippen LogP contribution in [0.4, 0.5) is 5.69 Å². The van der Waals surface area contributed by atoms with Crippen LogP contribution in [0.2, 0.25) is 15.1 Å². The Morgan fingerprint density at radius 3 is 2.54 bits per heavy atom. The van der Waals surface area contributed by atoms with E-state index in [0.717, 1.165) is 23.2 Å². The van der Waals surface area contributed by atoms with Gasteiger partial charge in [0, 0.05) is 35.1 Å². The molecular weight excluding hydrogens is 417 g/mol. The number of hydrogen-bond acceptors (Lipinski definition) is 2. The van der Waals surface area contributed by atoms with E-state index >= 15 is 0 Å². The number of hydrogen-bond donors (Lipinski definition) is 0. The highest BCUT2D eigenvalue weighted by Crippen LogP contribution is 2.46. The zero-order chi connectivity index (χ0) is 20.0. The van der Waals surface area contributed by atoms with Crippen LogP contribution in [0.15, 0.2) is 47.7 Å². The molecule has 0 N–H and O–H groups in total. The summed E-state index contributed by atoms with van der Waals surface area (Å²) in [4.78, 5) is 27.8. The molecule has 0 bridgehead atoms. The molecule has 3 nitrogen and oxygen atoms in total. The molecule has 0 saturated carbocycles. The van der Waals surface area contributed by atoms with Gasteiger partial charge in [-0.05, 0) is 49.1 Å². The number of ketones is 1. The summed E-state index contributed by atoms with van der Waals surface area (Å²) < 4.78 is 0. The van der Waals surface area contributed by atoms with Crippen molar-refractivity contribution in [3.05, 3.63) is 73.9 Å². The SMILES string of the molecule is Cc1ccc(N2C(=O)CC(c3cccc(Cl)c3Cl)C3=C2CCCC3=O)cc1Cl. The standard InChI is InChI=1S/C22H18Cl3NO2/c1-12-8-9-13(10-17(12)24)26-18-6-3-7-19(27)21(18)15(11-20(26)28)14-4-2-5-16(23)22(14)25/h2,4-5,8-10,15H,3,6-7,11H2,1H3. The first kappa shape index (κ1) is 19.5.